The molecule has 4 atom stereocenters. The fraction of sp³-hybridized carbons (Fsp3) is 0.358. The van der Waals surface area contributed by atoms with E-state index < -0.39 is 6.04 Å². The third kappa shape index (κ3) is 11.3. The van der Waals surface area contributed by atoms with Crippen molar-refractivity contribution in [2.45, 2.75) is 76.4 Å². The molecule has 0 radical (unpaired) electrons. The van der Waals surface area contributed by atoms with Crippen molar-refractivity contribution < 1.29 is 19.2 Å². The molecule has 3 saturated heterocycles. The molecule has 8 rings (SSSR count). The standard InChI is InChI=1S/C53H58N8O4/c1-36-33-60(46-19-16-43(17-20-46)47-21-23-49(62)58-52(47)64)34-37(2)61(36)35-41-25-28-59(29-26-41)50(63)30-39-12-14-42(15-13-39)45-18-22-48(56-32-45)57-53(65)51(44-6-4-3-5-7-44)55-27-24-38-8-10-40(31-54)11-9-38/h3-20,22,32,36-37,41,47,51,55H,21,23-30,33-35H2,1-2H3,(H,56,57,65)(H,58,62,64)/t36-,37+,47?,51?. The minimum atomic E-state index is -0.578. The highest BCUT2D eigenvalue weighted by atomic mass is 16.2. The number of aromatic nitrogens is 1. The first-order chi connectivity index (χ1) is 31.6. The molecule has 0 spiro atoms. The van der Waals surface area contributed by atoms with Crippen molar-refractivity contribution in [1.82, 2.24) is 25.4 Å². The number of amides is 4. The van der Waals surface area contributed by atoms with E-state index in [2.05, 4.69) is 62.8 Å². The Morgan fingerprint density at radius 3 is 2.14 bits per heavy atom. The van der Waals surface area contributed by atoms with Crippen molar-refractivity contribution in [3.63, 3.8) is 0 Å². The van der Waals surface area contributed by atoms with Gasteiger partial charge in [-0.15, -0.1) is 0 Å². The van der Waals surface area contributed by atoms with Gasteiger partial charge in [-0.25, -0.2) is 4.98 Å². The van der Waals surface area contributed by atoms with Crippen LogP contribution in [0.1, 0.15) is 79.3 Å². The molecule has 4 heterocycles. The van der Waals surface area contributed by atoms with E-state index in [4.69, 9.17) is 5.26 Å². The predicted molar refractivity (Wildman–Crippen MR) is 253 cm³/mol. The van der Waals surface area contributed by atoms with E-state index in [-0.39, 0.29) is 29.5 Å². The monoisotopic (exact) mass is 870 g/mol. The summed E-state index contributed by atoms with van der Waals surface area (Å²) in [5.41, 5.74) is 7.53. The molecule has 3 fully saturated rings. The number of benzene rings is 4. The number of hydrogen-bond acceptors (Lipinski definition) is 9. The summed E-state index contributed by atoms with van der Waals surface area (Å²) in [7, 11) is 0. The van der Waals surface area contributed by atoms with Gasteiger partial charge in [0, 0.05) is 75.2 Å². The third-order valence-corrected chi connectivity index (χ3v) is 13.3. The maximum absolute atomic E-state index is 13.6. The zero-order valence-corrected chi connectivity index (χ0v) is 37.3. The maximum Gasteiger partial charge on any atom is 0.247 e. The van der Waals surface area contributed by atoms with Crippen molar-refractivity contribution in [1.29, 1.82) is 5.26 Å². The number of pyridine rings is 1. The molecule has 0 aliphatic carbocycles. The number of nitriles is 1. The van der Waals surface area contributed by atoms with Crippen LogP contribution in [0.3, 0.4) is 0 Å². The van der Waals surface area contributed by atoms with Crippen molar-refractivity contribution in [3.8, 4) is 17.2 Å². The quantitative estimate of drug-likeness (QED) is 0.100. The summed E-state index contributed by atoms with van der Waals surface area (Å²) in [6, 6.07) is 39.5. The Balaban J connectivity index is 0.775. The Morgan fingerprint density at radius 2 is 1.49 bits per heavy atom. The number of piperidine rings is 2. The average molecular weight is 871 g/mol. The van der Waals surface area contributed by atoms with E-state index in [0.29, 0.717) is 61.6 Å². The highest BCUT2D eigenvalue weighted by Crippen LogP contribution is 2.30. The number of likely N-dealkylation sites (tertiary alicyclic amines) is 1. The Hall–Kier alpha value is -6.68. The number of anilines is 2. The molecule has 3 aliphatic heterocycles. The van der Waals surface area contributed by atoms with E-state index in [1.807, 2.05) is 95.9 Å². The van der Waals surface area contributed by atoms with Gasteiger partial charge in [0.1, 0.15) is 11.9 Å². The van der Waals surface area contributed by atoms with Gasteiger partial charge >= 0.3 is 0 Å². The molecule has 0 bridgehead atoms. The van der Waals surface area contributed by atoms with E-state index in [1.54, 1.807) is 18.3 Å². The van der Waals surface area contributed by atoms with Crippen LogP contribution in [-0.4, -0.2) is 89.8 Å². The van der Waals surface area contributed by atoms with E-state index in [9.17, 15) is 19.2 Å². The minimum Gasteiger partial charge on any atom is -0.368 e. The van der Waals surface area contributed by atoms with Crippen LogP contribution >= 0.6 is 0 Å². The molecule has 1 aromatic heterocycles. The van der Waals surface area contributed by atoms with Crippen molar-refractivity contribution in [2.24, 2.45) is 5.92 Å². The Bertz CT molecular complexity index is 2450. The molecule has 65 heavy (non-hydrogen) atoms. The molecular weight excluding hydrogens is 813 g/mol. The lowest BCUT2D eigenvalue weighted by Crippen LogP contribution is -2.58. The molecule has 2 unspecified atom stereocenters. The normalized spacial score (nSPS) is 19.9. The zero-order chi connectivity index (χ0) is 45.3. The first-order valence-corrected chi connectivity index (χ1v) is 23.0. The minimum absolute atomic E-state index is 0.162. The second kappa shape index (κ2) is 20.9. The van der Waals surface area contributed by atoms with Gasteiger partial charge in [-0.1, -0.05) is 78.9 Å². The largest absolute Gasteiger partial charge is 0.368 e. The average Bonchev–Trinajstić information content (AvgIpc) is 3.33. The van der Waals surface area contributed by atoms with Crippen molar-refractivity contribution >= 4 is 35.1 Å². The predicted octanol–water partition coefficient (Wildman–Crippen LogP) is 7.03. The number of carbonyl (C=O) groups excluding carboxylic acids is 4. The molecule has 334 valence electrons. The smallest absolute Gasteiger partial charge is 0.247 e. The van der Waals surface area contributed by atoms with Gasteiger partial charge < -0.3 is 20.4 Å². The van der Waals surface area contributed by atoms with Gasteiger partial charge in [-0.3, -0.25) is 29.4 Å². The Labute approximate surface area is 382 Å². The lowest BCUT2D eigenvalue weighted by molar-refractivity contribution is -0.134. The first kappa shape index (κ1) is 44.9. The van der Waals surface area contributed by atoms with Crippen LogP contribution in [0.4, 0.5) is 11.5 Å². The molecule has 5 aromatic rings. The molecular formula is C53H58N8O4. The van der Waals surface area contributed by atoms with Crippen molar-refractivity contribution in [2.75, 3.05) is 49.5 Å². The van der Waals surface area contributed by atoms with Gasteiger partial charge in [-0.05, 0) is 110 Å². The van der Waals surface area contributed by atoms with E-state index >= 15 is 0 Å². The number of nitrogens with zero attached hydrogens (tertiary/aromatic N) is 5. The number of hydrogen-bond donors (Lipinski definition) is 3. The van der Waals surface area contributed by atoms with Crippen LogP contribution in [-0.2, 0) is 32.0 Å². The maximum atomic E-state index is 13.6. The second-order valence-electron chi connectivity index (χ2n) is 17.9. The molecule has 4 amide bonds. The van der Waals surface area contributed by atoms with Crippen LogP contribution in [0.5, 0.6) is 0 Å². The summed E-state index contributed by atoms with van der Waals surface area (Å²) in [4.78, 5) is 62.7. The molecule has 0 saturated carbocycles. The number of nitrogens with one attached hydrogen (secondary N) is 3. The van der Waals surface area contributed by atoms with Crippen molar-refractivity contribution in [3.05, 3.63) is 149 Å². The summed E-state index contributed by atoms with van der Waals surface area (Å²) < 4.78 is 0. The molecule has 4 aromatic carbocycles. The lowest BCUT2D eigenvalue weighted by Gasteiger charge is -2.47. The Kier molecular flexibility index (Phi) is 14.4. The molecule has 12 nitrogen and oxygen atoms in total. The Morgan fingerprint density at radius 1 is 0.815 bits per heavy atom. The number of imide groups is 1. The summed E-state index contributed by atoms with van der Waals surface area (Å²) in [6.45, 7) is 9.62. The second-order valence-corrected chi connectivity index (χ2v) is 17.9. The third-order valence-electron chi connectivity index (χ3n) is 13.3. The number of rotatable bonds is 14. The fourth-order valence-electron chi connectivity index (χ4n) is 9.57. The van der Waals surface area contributed by atoms with Crippen LogP contribution < -0.4 is 20.9 Å². The lowest BCUT2D eigenvalue weighted by atomic mass is 9.90. The summed E-state index contributed by atoms with van der Waals surface area (Å²) in [5, 5.41) is 17.9. The van der Waals surface area contributed by atoms with Gasteiger partial charge in [0.2, 0.25) is 23.6 Å². The number of piperazine rings is 1. The highest BCUT2D eigenvalue weighted by molar-refractivity contribution is 6.01. The fourth-order valence-corrected chi connectivity index (χ4v) is 9.57. The van der Waals surface area contributed by atoms with Gasteiger partial charge in [0.25, 0.3) is 0 Å². The van der Waals surface area contributed by atoms with Crippen LogP contribution in [0.15, 0.2) is 121 Å². The zero-order valence-electron chi connectivity index (χ0n) is 37.3. The summed E-state index contributed by atoms with van der Waals surface area (Å²) in [6.07, 6.45) is 5.75. The highest BCUT2D eigenvalue weighted by Gasteiger charge is 2.34. The number of carbonyl (C=O) groups is 4. The summed E-state index contributed by atoms with van der Waals surface area (Å²) >= 11 is 0. The summed E-state index contributed by atoms with van der Waals surface area (Å²) in [5.74, 6) is 0.294. The van der Waals surface area contributed by atoms with Crippen LogP contribution in [0.2, 0.25) is 0 Å². The molecule has 12 heteroatoms. The van der Waals surface area contributed by atoms with E-state index in [0.717, 1.165) is 84.6 Å². The first-order valence-electron chi connectivity index (χ1n) is 23.0. The molecule has 3 N–H and O–H groups in total. The van der Waals surface area contributed by atoms with E-state index in [1.165, 1.54) is 0 Å². The van der Waals surface area contributed by atoms with Crippen LogP contribution in [0, 0.1) is 17.2 Å². The van der Waals surface area contributed by atoms with Crippen LogP contribution in [0.25, 0.3) is 11.1 Å². The van der Waals surface area contributed by atoms with Gasteiger partial charge in [-0.2, -0.15) is 5.26 Å². The molecule has 3 aliphatic rings. The SMILES string of the molecule is C[C@@H]1CN(c2ccc(C3CCC(=O)NC3=O)cc2)C[C@H](C)N1CC1CCN(C(=O)Cc2ccc(-c3ccc(NC(=O)C(NCCc4ccc(C#N)cc4)c4ccccc4)nc3)cc2)CC1. The van der Waals surface area contributed by atoms with Gasteiger partial charge in [0.05, 0.1) is 24.0 Å². The topological polar surface area (TPSA) is 151 Å². The van der Waals surface area contributed by atoms with Gasteiger partial charge in [0.15, 0.2) is 0 Å².